The molecule has 2 rings (SSSR count). The Balaban J connectivity index is 2.75. The van der Waals surface area contributed by atoms with E-state index in [1.807, 2.05) is 18.2 Å². The van der Waals surface area contributed by atoms with Crippen molar-refractivity contribution in [2.75, 3.05) is 0 Å². The molecule has 2 nitrogen and oxygen atoms in total. The molecule has 0 saturated carbocycles. The molecule has 112 valence electrons. The van der Waals surface area contributed by atoms with E-state index in [0.29, 0.717) is 0 Å². The minimum absolute atomic E-state index is 0.00437. The molecule has 0 radical (unpaired) electrons. The quantitative estimate of drug-likeness (QED) is 0.731. The van der Waals surface area contributed by atoms with Crippen molar-refractivity contribution in [3.8, 4) is 11.3 Å². The zero-order chi connectivity index (χ0) is 15.8. The normalized spacial score (nSPS) is 12.5. The number of hydrogen-bond acceptors (Lipinski definition) is 2. The zero-order valence-electron chi connectivity index (χ0n) is 14.3. The molecule has 0 bridgehead atoms. The van der Waals surface area contributed by atoms with E-state index in [0.717, 1.165) is 17.0 Å². The Hall–Kier alpha value is -1.70. The molecule has 0 unspecified atom stereocenters. The van der Waals surface area contributed by atoms with Crippen molar-refractivity contribution in [3.05, 3.63) is 47.2 Å². The van der Waals surface area contributed by atoms with Gasteiger partial charge in [-0.25, -0.2) is 0 Å². The van der Waals surface area contributed by atoms with Crippen LogP contribution in [-0.4, -0.2) is 10.2 Å². The van der Waals surface area contributed by atoms with Gasteiger partial charge in [0.15, 0.2) is 0 Å². The van der Waals surface area contributed by atoms with Gasteiger partial charge in [-0.15, -0.1) is 5.10 Å². The summed E-state index contributed by atoms with van der Waals surface area (Å²) in [6, 6.07) is 10.3. The Bertz CT molecular complexity index is 629. The molecule has 0 aliphatic carbocycles. The maximum absolute atomic E-state index is 4.60. The predicted octanol–water partition coefficient (Wildman–Crippen LogP) is 5.05. The Morgan fingerprint density at radius 1 is 0.762 bits per heavy atom. The molecule has 1 aromatic carbocycles. The molecular formula is C19H26N2. The molecule has 0 amide bonds. The lowest BCUT2D eigenvalue weighted by Crippen LogP contribution is -2.26. The van der Waals surface area contributed by atoms with Crippen LogP contribution in [-0.2, 0) is 10.8 Å². The summed E-state index contributed by atoms with van der Waals surface area (Å²) < 4.78 is 0. The van der Waals surface area contributed by atoms with Crippen molar-refractivity contribution in [3.63, 3.8) is 0 Å². The fourth-order valence-electron chi connectivity index (χ4n) is 2.83. The summed E-state index contributed by atoms with van der Waals surface area (Å²) >= 11 is 0. The molecule has 1 aromatic heterocycles. The lowest BCUT2D eigenvalue weighted by molar-refractivity contribution is 0.503. The summed E-state index contributed by atoms with van der Waals surface area (Å²) in [5.41, 5.74) is 5.84. The standard InChI is InChI=1S/C19H26N2/c1-13-15(18(2,3)4)17(19(5,6)7)21-20-16(13)14-11-9-8-10-12-14/h8-12H,1-7H3. The van der Waals surface area contributed by atoms with E-state index in [4.69, 9.17) is 0 Å². The lowest BCUT2D eigenvalue weighted by atomic mass is 9.76. The summed E-state index contributed by atoms with van der Waals surface area (Å²) in [5, 5.41) is 9.14. The largest absolute Gasteiger partial charge is 0.154 e. The van der Waals surface area contributed by atoms with Gasteiger partial charge in [-0.3, -0.25) is 0 Å². The second kappa shape index (κ2) is 5.25. The van der Waals surface area contributed by atoms with Gasteiger partial charge < -0.3 is 0 Å². The highest BCUT2D eigenvalue weighted by atomic mass is 15.1. The molecule has 0 aliphatic rings. The van der Waals surface area contributed by atoms with Gasteiger partial charge in [0.1, 0.15) is 0 Å². The fraction of sp³-hybridized carbons (Fsp3) is 0.474. The summed E-state index contributed by atoms with van der Waals surface area (Å²) in [7, 11) is 0. The molecule has 21 heavy (non-hydrogen) atoms. The number of nitrogens with zero attached hydrogens (tertiary/aromatic N) is 2. The molecule has 0 fully saturated rings. The Kier molecular flexibility index (Phi) is 3.92. The van der Waals surface area contributed by atoms with Gasteiger partial charge in [-0.1, -0.05) is 71.9 Å². The highest BCUT2D eigenvalue weighted by molar-refractivity contribution is 5.65. The van der Waals surface area contributed by atoms with Gasteiger partial charge in [-0.05, 0) is 23.5 Å². The first kappa shape index (κ1) is 15.7. The second-order valence-corrected chi connectivity index (χ2v) is 7.76. The smallest absolute Gasteiger partial charge is 0.0961 e. The van der Waals surface area contributed by atoms with Crippen LogP contribution in [0.15, 0.2) is 30.3 Å². The SMILES string of the molecule is Cc1c(-c2ccccc2)nnc(C(C)(C)C)c1C(C)(C)C. The van der Waals surface area contributed by atoms with Crippen LogP contribution < -0.4 is 0 Å². The molecule has 2 heteroatoms. The fourth-order valence-corrected chi connectivity index (χ4v) is 2.83. The number of benzene rings is 1. The van der Waals surface area contributed by atoms with Crippen LogP contribution in [0.2, 0.25) is 0 Å². The Labute approximate surface area is 128 Å². The minimum atomic E-state index is -0.00437. The molecule has 1 heterocycles. The van der Waals surface area contributed by atoms with E-state index in [-0.39, 0.29) is 10.8 Å². The molecule has 2 aromatic rings. The van der Waals surface area contributed by atoms with Crippen molar-refractivity contribution in [1.29, 1.82) is 0 Å². The monoisotopic (exact) mass is 282 g/mol. The zero-order valence-corrected chi connectivity index (χ0v) is 14.3. The lowest BCUT2D eigenvalue weighted by Gasteiger charge is -2.30. The number of aromatic nitrogens is 2. The van der Waals surface area contributed by atoms with Gasteiger partial charge >= 0.3 is 0 Å². The summed E-state index contributed by atoms with van der Waals surface area (Å²) in [6.45, 7) is 15.5. The third-order valence-corrected chi connectivity index (χ3v) is 3.72. The van der Waals surface area contributed by atoms with Gasteiger partial charge in [0.25, 0.3) is 0 Å². The number of rotatable bonds is 1. The topological polar surface area (TPSA) is 25.8 Å². The first-order valence-electron chi connectivity index (χ1n) is 7.56. The molecule has 0 aliphatic heterocycles. The van der Waals surface area contributed by atoms with Crippen molar-refractivity contribution in [2.24, 2.45) is 0 Å². The van der Waals surface area contributed by atoms with E-state index in [1.165, 1.54) is 11.1 Å². The number of hydrogen-bond donors (Lipinski definition) is 0. The van der Waals surface area contributed by atoms with E-state index in [9.17, 15) is 0 Å². The summed E-state index contributed by atoms with van der Waals surface area (Å²) in [4.78, 5) is 0. The summed E-state index contributed by atoms with van der Waals surface area (Å²) in [5.74, 6) is 0. The average Bonchev–Trinajstić information content (AvgIpc) is 2.36. The van der Waals surface area contributed by atoms with E-state index < -0.39 is 0 Å². The first-order valence-corrected chi connectivity index (χ1v) is 7.56. The second-order valence-electron chi connectivity index (χ2n) is 7.76. The van der Waals surface area contributed by atoms with E-state index in [1.54, 1.807) is 0 Å². The van der Waals surface area contributed by atoms with Crippen LogP contribution in [0.25, 0.3) is 11.3 Å². The maximum atomic E-state index is 4.60. The minimum Gasteiger partial charge on any atom is -0.154 e. The van der Waals surface area contributed by atoms with Crippen LogP contribution in [0.3, 0.4) is 0 Å². The van der Waals surface area contributed by atoms with Gasteiger partial charge in [0, 0.05) is 11.0 Å². The third kappa shape index (κ3) is 3.15. The molecule has 0 N–H and O–H groups in total. The van der Waals surface area contributed by atoms with Gasteiger partial charge in [-0.2, -0.15) is 5.10 Å². The van der Waals surface area contributed by atoms with E-state index in [2.05, 4.69) is 70.8 Å². The molecule has 0 saturated heterocycles. The van der Waals surface area contributed by atoms with Crippen molar-refractivity contribution in [2.45, 2.75) is 59.3 Å². The Morgan fingerprint density at radius 3 is 1.81 bits per heavy atom. The predicted molar refractivity (Wildman–Crippen MR) is 89.6 cm³/mol. The summed E-state index contributed by atoms with van der Waals surface area (Å²) in [6.07, 6.45) is 0. The van der Waals surface area contributed by atoms with Crippen LogP contribution >= 0.6 is 0 Å². The van der Waals surface area contributed by atoms with Gasteiger partial charge in [0.2, 0.25) is 0 Å². The molecule has 0 spiro atoms. The first-order chi connectivity index (χ1) is 9.62. The molecule has 0 atom stereocenters. The molecular weight excluding hydrogens is 256 g/mol. The van der Waals surface area contributed by atoms with Gasteiger partial charge in [0.05, 0.1) is 11.4 Å². The Morgan fingerprint density at radius 2 is 1.33 bits per heavy atom. The average molecular weight is 282 g/mol. The highest BCUT2D eigenvalue weighted by Gasteiger charge is 2.30. The van der Waals surface area contributed by atoms with Crippen molar-refractivity contribution >= 4 is 0 Å². The van der Waals surface area contributed by atoms with Crippen LogP contribution in [0.5, 0.6) is 0 Å². The van der Waals surface area contributed by atoms with E-state index >= 15 is 0 Å². The van der Waals surface area contributed by atoms with Crippen molar-refractivity contribution in [1.82, 2.24) is 10.2 Å². The highest BCUT2D eigenvalue weighted by Crippen LogP contribution is 2.37. The van der Waals surface area contributed by atoms with Crippen LogP contribution in [0, 0.1) is 6.92 Å². The van der Waals surface area contributed by atoms with Crippen LogP contribution in [0.4, 0.5) is 0 Å². The maximum Gasteiger partial charge on any atom is 0.0961 e. The van der Waals surface area contributed by atoms with Crippen LogP contribution in [0.1, 0.15) is 58.4 Å². The third-order valence-electron chi connectivity index (χ3n) is 3.72. The van der Waals surface area contributed by atoms with Crippen molar-refractivity contribution < 1.29 is 0 Å².